The van der Waals surface area contributed by atoms with Crippen molar-refractivity contribution < 1.29 is 41.1 Å². The summed E-state index contributed by atoms with van der Waals surface area (Å²) in [5.74, 6) is 1.12. The molecule has 12 nitrogen and oxygen atoms in total. The lowest BCUT2D eigenvalue weighted by Gasteiger charge is -2.21. The summed E-state index contributed by atoms with van der Waals surface area (Å²) in [5.41, 5.74) is 3.47. The van der Waals surface area contributed by atoms with E-state index in [0.717, 1.165) is 66.4 Å². The summed E-state index contributed by atoms with van der Waals surface area (Å²) >= 11 is 3.53. The molecule has 4 N–H and O–H groups in total. The quantitative estimate of drug-likeness (QED) is 0.0276. The molecular weight excluding hydrogens is 925 g/mol. The summed E-state index contributed by atoms with van der Waals surface area (Å²) in [7, 11) is -7.09. The number of anilines is 1. The standard InChI is InChI=1S/C51H54N4O8S4/c1-2-37(29-50-54(46-31-38-13-5-7-15-40(38)33-48(46)64-50)25-9-3-11-27-66(58,59)52-35-62-44-21-17-42(56)18-22-44)30-51-55(47-32-39-14-6-8-16-41(39)34-49(47)65-51)26-10-4-12-28-67(60,61)53-36-63-45-23-19-43(57)20-24-45/h5-8,13-24,29-34,52-53H,2-4,9-12,25-28,35-36H2,1H3,(H-,56,57)/p+1. The van der Waals surface area contributed by atoms with Crippen molar-refractivity contribution in [2.45, 2.75) is 63.3 Å². The average molecular weight is 980 g/mol. The van der Waals surface area contributed by atoms with Crippen molar-refractivity contribution in [1.29, 1.82) is 0 Å². The number of aromatic nitrogens is 1. The van der Waals surface area contributed by atoms with Gasteiger partial charge in [-0.25, -0.2) is 16.8 Å². The molecule has 0 aliphatic carbocycles. The van der Waals surface area contributed by atoms with Crippen LogP contribution < -0.4 is 28.4 Å². The molecule has 16 heteroatoms. The predicted molar refractivity (Wildman–Crippen MR) is 272 cm³/mol. The molecule has 0 atom stereocenters. The fourth-order valence-corrected chi connectivity index (χ4v) is 12.2. The van der Waals surface area contributed by atoms with Crippen LogP contribution in [0.25, 0.3) is 37.8 Å². The van der Waals surface area contributed by atoms with Gasteiger partial charge in [0, 0.05) is 30.0 Å². The first-order chi connectivity index (χ1) is 32.4. The number of unbranched alkanes of at least 4 members (excludes halogenated alkanes) is 4. The average Bonchev–Trinajstić information content (AvgIpc) is 3.82. The van der Waals surface area contributed by atoms with Gasteiger partial charge in [-0.15, -0.1) is 0 Å². The molecule has 6 aromatic carbocycles. The predicted octanol–water partition coefficient (Wildman–Crippen LogP) is 10.4. The van der Waals surface area contributed by atoms with Crippen LogP contribution in [0.15, 0.2) is 143 Å². The smallest absolute Gasteiger partial charge is 0.263 e. The van der Waals surface area contributed by atoms with Crippen molar-refractivity contribution in [3.63, 3.8) is 0 Å². The van der Waals surface area contributed by atoms with Gasteiger partial charge in [-0.1, -0.05) is 85.0 Å². The number of nitrogens with zero attached hydrogens (tertiary/aromatic N) is 2. The van der Waals surface area contributed by atoms with Crippen LogP contribution in [0.2, 0.25) is 0 Å². The zero-order chi connectivity index (χ0) is 46.8. The molecule has 8 rings (SSSR count). The lowest BCUT2D eigenvalue weighted by Crippen LogP contribution is -2.35. The molecule has 0 saturated heterocycles. The van der Waals surface area contributed by atoms with E-state index in [0.29, 0.717) is 24.3 Å². The highest BCUT2D eigenvalue weighted by molar-refractivity contribution is 8.03. The van der Waals surface area contributed by atoms with E-state index in [1.807, 2.05) is 0 Å². The molecule has 1 aliphatic rings. The Hall–Kier alpha value is -5.62. The van der Waals surface area contributed by atoms with E-state index in [1.165, 1.54) is 61.0 Å². The summed E-state index contributed by atoms with van der Waals surface area (Å²) in [6.45, 7) is 3.26. The van der Waals surface area contributed by atoms with Crippen LogP contribution in [0.4, 0.5) is 5.69 Å². The van der Waals surface area contributed by atoms with Crippen LogP contribution in [0.1, 0.15) is 56.9 Å². The summed E-state index contributed by atoms with van der Waals surface area (Å²) < 4.78 is 70.7. The molecule has 0 unspecified atom stereocenters. The minimum absolute atomic E-state index is 0.00713. The molecule has 0 bridgehead atoms. The number of fused-ring (bicyclic) bond motifs is 4. The zero-order valence-corrected chi connectivity index (χ0v) is 40.5. The van der Waals surface area contributed by atoms with Crippen LogP contribution in [0.3, 0.4) is 0 Å². The second-order valence-corrected chi connectivity index (χ2v) is 22.3. The third-order valence-corrected chi connectivity index (χ3v) is 16.5. The van der Waals surface area contributed by atoms with Crippen LogP contribution in [0.5, 0.6) is 23.0 Å². The van der Waals surface area contributed by atoms with E-state index < -0.39 is 20.0 Å². The molecule has 0 fully saturated rings. The van der Waals surface area contributed by atoms with E-state index in [-0.39, 0.29) is 36.5 Å². The second-order valence-electron chi connectivity index (χ2n) is 16.3. The maximum atomic E-state index is 12.8. The number of thioether (sulfide) groups is 1. The van der Waals surface area contributed by atoms with Gasteiger partial charge in [-0.2, -0.15) is 14.0 Å². The van der Waals surface area contributed by atoms with Gasteiger partial charge in [0.05, 0.1) is 22.2 Å². The van der Waals surface area contributed by atoms with Gasteiger partial charge in [0.15, 0.2) is 20.0 Å². The van der Waals surface area contributed by atoms with Gasteiger partial charge in [0.1, 0.15) is 27.7 Å². The van der Waals surface area contributed by atoms with Gasteiger partial charge in [0.2, 0.25) is 25.6 Å². The molecule has 0 amide bonds. The van der Waals surface area contributed by atoms with Gasteiger partial charge < -0.3 is 24.6 Å². The summed E-state index contributed by atoms with van der Waals surface area (Å²) in [6.07, 6.45) is 9.44. The summed E-state index contributed by atoms with van der Waals surface area (Å²) in [4.78, 5) is 3.56. The lowest BCUT2D eigenvalue weighted by molar-refractivity contribution is -0.669. The molecule has 1 aliphatic heterocycles. The third-order valence-electron chi connectivity index (χ3n) is 11.5. The summed E-state index contributed by atoms with van der Waals surface area (Å²) in [5, 5.41) is 25.9. The highest BCUT2D eigenvalue weighted by Gasteiger charge is 2.27. The third kappa shape index (κ3) is 12.9. The van der Waals surface area contributed by atoms with E-state index in [4.69, 9.17) is 9.47 Å². The van der Waals surface area contributed by atoms with Gasteiger partial charge in [-0.05, 0) is 132 Å². The van der Waals surface area contributed by atoms with Gasteiger partial charge in [0.25, 0.3) is 5.01 Å². The number of benzene rings is 6. The number of aromatic hydroxyl groups is 2. The molecule has 0 radical (unpaired) electrons. The number of ether oxygens (including phenoxy) is 2. The van der Waals surface area contributed by atoms with Crippen molar-refractivity contribution in [1.82, 2.24) is 9.44 Å². The lowest BCUT2D eigenvalue weighted by atomic mass is 10.1. The Balaban J connectivity index is 0.957. The SMILES string of the molecule is CCC(=Cc1sc2cc3ccccc3cc2[n+]1CCCCCS(=O)(=O)NCOc1ccc(O)cc1)C=C1Sc2cc3ccccc3cc2N1CCCCCS(=O)(=O)NCOc1ccc(O)cc1. The molecule has 67 heavy (non-hydrogen) atoms. The fraction of sp³-hybridized carbons (Fsp3) is 0.275. The fourth-order valence-electron chi connectivity index (χ4n) is 7.92. The first kappa shape index (κ1) is 47.9. The Morgan fingerprint density at radius 1 is 0.672 bits per heavy atom. The molecular formula is C51H55N4O8S4+. The number of aryl methyl sites for hydroxylation is 1. The van der Waals surface area contributed by atoms with Crippen LogP contribution in [-0.4, -0.2) is 58.6 Å². The van der Waals surface area contributed by atoms with E-state index in [9.17, 15) is 27.0 Å². The van der Waals surface area contributed by atoms with Crippen LogP contribution >= 0.6 is 23.1 Å². The second kappa shape index (κ2) is 22.0. The molecule has 350 valence electrons. The maximum absolute atomic E-state index is 12.8. The number of phenols is 2. The van der Waals surface area contributed by atoms with E-state index in [2.05, 4.69) is 111 Å². The van der Waals surface area contributed by atoms with E-state index in [1.54, 1.807) is 47.4 Å². The number of nitrogens with one attached hydrogen (secondary N) is 2. The normalized spacial score (nSPS) is 13.8. The maximum Gasteiger partial charge on any atom is 0.263 e. The molecule has 1 aromatic heterocycles. The zero-order valence-electron chi connectivity index (χ0n) is 37.3. The number of hydrogen-bond donors (Lipinski definition) is 4. The Morgan fingerprint density at radius 3 is 1.79 bits per heavy atom. The van der Waals surface area contributed by atoms with Crippen molar-refractivity contribution in [2.75, 3.05) is 36.4 Å². The largest absolute Gasteiger partial charge is 0.508 e. The molecule has 0 saturated carbocycles. The molecule has 7 aromatic rings. The number of phenolic OH excluding ortho intramolecular Hbond substituents is 2. The van der Waals surface area contributed by atoms with Crippen LogP contribution in [-0.2, 0) is 26.6 Å². The Morgan fingerprint density at radius 2 is 1.21 bits per heavy atom. The first-order valence-corrected chi connectivity index (χ1v) is 27.4. The minimum Gasteiger partial charge on any atom is -0.508 e. The number of sulfonamides is 2. The van der Waals surface area contributed by atoms with Gasteiger partial charge in [-0.3, -0.25) is 0 Å². The Bertz CT molecular complexity index is 3120. The Labute approximate surface area is 400 Å². The van der Waals surface area contributed by atoms with Crippen molar-refractivity contribution in [3.05, 3.63) is 143 Å². The van der Waals surface area contributed by atoms with Crippen molar-refractivity contribution in [2.24, 2.45) is 0 Å². The minimum atomic E-state index is -3.54. The number of allylic oxidation sites excluding steroid dienone is 2. The van der Waals surface area contributed by atoms with Crippen molar-refractivity contribution >= 4 is 86.7 Å². The topological polar surface area (TPSA) is 158 Å². The van der Waals surface area contributed by atoms with Gasteiger partial charge >= 0.3 is 0 Å². The van der Waals surface area contributed by atoms with E-state index >= 15 is 0 Å². The molecule has 2 heterocycles. The summed E-state index contributed by atoms with van der Waals surface area (Å²) in [6, 6.07) is 38.1. The monoisotopic (exact) mass is 979 g/mol. The van der Waals surface area contributed by atoms with Crippen molar-refractivity contribution in [3.8, 4) is 23.0 Å². The Kier molecular flexibility index (Phi) is 15.7. The highest BCUT2D eigenvalue weighted by atomic mass is 32.2. The number of thiazole rings is 1. The molecule has 0 spiro atoms. The first-order valence-electron chi connectivity index (χ1n) is 22.5. The number of hydrogen-bond acceptors (Lipinski definition) is 11. The van der Waals surface area contributed by atoms with Crippen LogP contribution in [0, 0.1) is 0 Å². The number of rotatable bonds is 23. The highest BCUT2D eigenvalue weighted by Crippen LogP contribution is 2.48.